The third-order valence-electron chi connectivity index (χ3n) is 4.04. The van der Waals surface area contributed by atoms with Crippen LogP contribution in [0.5, 0.6) is 0 Å². The van der Waals surface area contributed by atoms with Gasteiger partial charge in [-0.1, -0.05) is 20.3 Å². The fourth-order valence-corrected chi connectivity index (χ4v) is 2.86. The zero-order chi connectivity index (χ0) is 13.0. The third-order valence-corrected chi connectivity index (χ3v) is 4.04. The van der Waals surface area contributed by atoms with Crippen LogP contribution in [-0.4, -0.2) is 20.5 Å². The molecule has 1 aromatic rings. The molecule has 18 heavy (non-hydrogen) atoms. The van der Waals surface area contributed by atoms with Crippen LogP contribution in [0.3, 0.4) is 0 Å². The Bertz CT molecular complexity index is 399. The van der Waals surface area contributed by atoms with Crippen molar-refractivity contribution in [2.24, 2.45) is 11.8 Å². The second-order valence-electron chi connectivity index (χ2n) is 5.33. The second-order valence-corrected chi connectivity index (χ2v) is 5.33. The quantitative estimate of drug-likeness (QED) is 0.778. The first-order chi connectivity index (χ1) is 8.74. The first kappa shape index (κ1) is 13.2. The predicted octanol–water partition coefficient (Wildman–Crippen LogP) is 2.63. The molecule has 0 N–H and O–H groups in total. The molecule has 1 heterocycles. The van der Waals surface area contributed by atoms with Crippen molar-refractivity contribution in [2.45, 2.75) is 58.9 Å². The van der Waals surface area contributed by atoms with Crippen molar-refractivity contribution in [3.8, 4) is 0 Å². The third kappa shape index (κ3) is 2.98. The van der Waals surface area contributed by atoms with Crippen molar-refractivity contribution in [1.29, 1.82) is 0 Å². The van der Waals surface area contributed by atoms with E-state index in [0.29, 0.717) is 12.2 Å². The van der Waals surface area contributed by atoms with Crippen LogP contribution in [0.4, 0.5) is 0 Å². The molecular weight excluding hydrogens is 226 g/mol. The minimum atomic E-state index is 0.265. The van der Waals surface area contributed by atoms with Gasteiger partial charge in [0, 0.05) is 12.5 Å². The van der Waals surface area contributed by atoms with Gasteiger partial charge in [0.2, 0.25) is 0 Å². The lowest BCUT2D eigenvalue weighted by atomic mass is 9.97. The van der Waals surface area contributed by atoms with E-state index < -0.39 is 0 Å². The molecule has 4 nitrogen and oxygen atoms in total. The van der Waals surface area contributed by atoms with Crippen LogP contribution in [0.15, 0.2) is 6.33 Å². The molecule has 0 aromatic carbocycles. The summed E-state index contributed by atoms with van der Waals surface area (Å²) in [5.74, 6) is 2.22. The van der Waals surface area contributed by atoms with Crippen LogP contribution >= 0.6 is 0 Å². The molecule has 0 amide bonds. The van der Waals surface area contributed by atoms with E-state index in [0.717, 1.165) is 37.5 Å². The predicted molar refractivity (Wildman–Crippen MR) is 70.1 cm³/mol. The first-order valence-corrected chi connectivity index (χ1v) is 7.14. The maximum atomic E-state index is 12.2. The van der Waals surface area contributed by atoms with Crippen molar-refractivity contribution in [3.63, 3.8) is 0 Å². The van der Waals surface area contributed by atoms with Gasteiger partial charge in [-0.25, -0.2) is 9.67 Å². The van der Waals surface area contributed by atoms with Gasteiger partial charge in [-0.05, 0) is 31.6 Å². The average molecular weight is 249 g/mol. The summed E-state index contributed by atoms with van der Waals surface area (Å²) in [4.78, 5) is 16.5. The average Bonchev–Trinajstić information content (AvgIpc) is 2.99. The minimum absolute atomic E-state index is 0.265. The summed E-state index contributed by atoms with van der Waals surface area (Å²) < 4.78 is 1.87. The molecular formula is C14H23N3O. The number of hydrogen-bond donors (Lipinski definition) is 0. The van der Waals surface area contributed by atoms with Gasteiger partial charge in [0.25, 0.3) is 0 Å². The Morgan fingerprint density at radius 3 is 2.94 bits per heavy atom. The van der Waals surface area contributed by atoms with E-state index in [1.807, 2.05) is 4.68 Å². The number of Topliss-reactive ketones (excluding diaryl/α,β-unsaturated/α-hetero) is 1. The van der Waals surface area contributed by atoms with Crippen LogP contribution in [-0.2, 0) is 17.8 Å². The first-order valence-electron chi connectivity index (χ1n) is 7.14. The topological polar surface area (TPSA) is 47.8 Å². The molecule has 0 bridgehead atoms. The molecule has 0 saturated heterocycles. The summed E-state index contributed by atoms with van der Waals surface area (Å²) >= 11 is 0. The van der Waals surface area contributed by atoms with Gasteiger partial charge in [-0.15, -0.1) is 0 Å². The van der Waals surface area contributed by atoms with Crippen molar-refractivity contribution < 1.29 is 4.79 Å². The lowest BCUT2D eigenvalue weighted by molar-refractivity contribution is -0.122. The van der Waals surface area contributed by atoms with E-state index in [1.54, 1.807) is 6.33 Å². The summed E-state index contributed by atoms with van der Waals surface area (Å²) in [6, 6.07) is 0. The Morgan fingerprint density at radius 2 is 2.28 bits per heavy atom. The highest BCUT2D eigenvalue weighted by Crippen LogP contribution is 2.33. The summed E-state index contributed by atoms with van der Waals surface area (Å²) in [6.45, 7) is 5.18. The molecule has 0 spiro atoms. The summed E-state index contributed by atoms with van der Waals surface area (Å²) in [5, 5.41) is 4.17. The highest BCUT2D eigenvalue weighted by atomic mass is 16.1. The molecule has 4 heteroatoms. The van der Waals surface area contributed by atoms with Crippen LogP contribution in [0, 0.1) is 11.8 Å². The normalized spacial score (nSPS) is 23.4. The van der Waals surface area contributed by atoms with Gasteiger partial charge >= 0.3 is 0 Å². The Hall–Kier alpha value is -1.19. The lowest BCUT2D eigenvalue weighted by Crippen LogP contribution is -2.17. The number of rotatable bonds is 6. The van der Waals surface area contributed by atoms with E-state index in [9.17, 15) is 4.79 Å². The standard InChI is InChI=1S/C14H23N3O/c1-3-7-17-14(15-10-16-17)9-13(18)12-6-5-11(4-2)8-12/h10-12H,3-9H2,1-2H3. The SMILES string of the molecule is CCCn1ncnc1CC(=O)C1CCC(CC)C1. The molecule has 0 aliphatic heterocycles. The van der Waals surface area contributed by atoms with Crippen LogP contribution in [0.2, 0.25) is 0 Å². The van der Waals surface area contributed by atoms with Crippen molar-refractivity contribution in [2.75, 3.05) is 0 Å². The van der Waals surface area contributed by atoms with Crippen LogP contribution < -0.4 is 0 Å². The maximum absolute atomic E-state index is 12.2. The second kappa shape index (κ2) is 6.12. The number of nitrogens with zero attached hydrogens (tertiary/aromatic N) is 3. The van der Waals surface area contributed by atoms with Crippen LogP contribution in [0.25, 0.3) is 0 Å². The van der Waals surface area contributed by atoms with Gasteiger partial charge in [0.15, 0.2) is 0 Å². The number of hydrogen-bond acceptors (Lipinski definition) is 3. The zero-order valence-corrected chi connectivity index (χ0v) is 11.4. The molecule has 1 aliphatic rings. The van der Waals surface area contributed by atoms with Gasteiger partial charge in [-0.2, -0.15) is 5.10 Å². The van der Waals surface area contributed by atoms with Crippen molar-refractivity contribution >= 4 is 5.78 Å². The van der Waals surface area contributed by atoms with E-state index in [4.69, 9.17) is 0 Å². The highest BCUT2D eigenvalue weighted by Gasteiger charge is 2.29. The molecule has 100 valence electrons. The van der Waals surface area contributed by atoms with Crippen molar-refractivity contribution in [1.82, 2.24) is 14.8 Å². The van der Waals surface area contributed by atoms with E-state index in [-0.39, 0.29) is 5.92 Å². The fraction of sp³-hybridized carbons (Fsp3) is 0.786. The largest absolute Gasteiger partial charge is 0.299 e. The van der Waals surface area contributed by atoms with Gasteiger partial charge in [0.05, 0.1) is 6.42 Å². The molecule has 1 fully saturated rings. The molecule has 2 unspecified atom stereocenters. The summed E-state index contributed by atoms with van der Waals surface area (Å²) in [7, 11) is 0. The summed E-state index contributed by atoms with van der Waals surface area (Å²) in [5.41, 5.74) is 0. The molecule has 1 saturated carbocycles. The monoisotopic (exact) mass is 249 g/mol. The van der Waals surface area contributed by atoms with E-state index in [1.165, 1.54) is 12.8 Å². The number of aryl methyl sites for hydroxylation is 1. The molecule has 1 aliphatic carbocycles. The number of ketones is 1. The van der Waals surface area contributed by atoms with E-state index in [2.05, 4.69) is 23.9 Å². The maximum Gasteiger partial charge on any atom is 0.143 e. The van der Waals surface area contributed by atoms with Gasteiger partial charge in [-0.3, -0.25) is 4.79 Å². The Labute approximate surface area is 109 Å². The molecule has 1 aromatic heterocycles. The Balaban J connectivity index is 1.93. The minimum Gasteiger partial charge on any atom is -0.299 e. The number of carbonyl (C=O) groups excluding carboxylic acids is 1. The fourth-order valence-electron chi connectivity index (χ4n) is 2.86. The van der Waals surface area contributed by atoms with Crippen molar-refractivity contribution in [3.05, 3.63) is 12.2 Å². The molecule has 2 rings (SSSR count). The van der Waals surface area contributed by atoms with Gasteiger partial charge < -0.3 is 0 Å². The zero-order valence-electron chi connectivity index (χ0n) is 11.4. The number of aromatic nitrogens is 3. The lowest BCUT2D eigenvalue weighted by Gasteiger charge is -2.09. The van der Waals surface area contributed by atoms with Crippen LogP contribution in [0.1, 0.15) is 51.8 Å². The molecule has 2 atom stereocenters. The number of carbonyl (C=O) groups is 1. The Kier molecular flexibility index (Phi) is 4.50. The Morgan fingerprint density at radius 1 is 1.44 bits per heavy atom. The van der Waals surface area contributed by atoms with E-state index >= 15 is 0 Å². The highest BCUT2D eigenvalue weighted by molar-refractivity contribution is 5.82. The molecule has 0 radical (unpaired) electrons. The van der Waals surface area contributed by atoms with Gasteiger partial charge in [0.1, 0.15) is 17.9 Å². The summed E-state index contributed by atoms with van der Waals surface area (Å²) in [6.07, 6.45) is 7.61. The smallest absolute Gasteiger partial charge is 0.143 e.